The first-order valence-electron chi connectivity index (χ1n) is 9.38. The number of likely N-dealkylation sites (tertiary alicyclic amines) is 1. The van der Waals surface area contributed by atoms with Gasteiger partial charge in [0.2, 0.25) is 0 Å². The van der Waals surface area contributed by atoms with Crippen LogP contribution in [-0.4, -0.2) is 43.2 Å². The van der Waals surface area contributed by atoms with Gasteiger partial charge in [-0.15, -0.1) is 0 Å². The number of urea groups is 1. The molecule has 1 N–H and O–H groups in total. The normalized spacial score (nSPS) is 16.2. The average molecular weight is 369 g/mol. The van der Waals surface area contributed by atoms with Crippen molar-refractivity contribution in [3.63, 3.8) is 0 Å². The maximum absolute atomic E-state index is 12.6. The third-order valence-electron chi connectivity index (χ3n) is 4.97. The Hall–Kier alpha value is -2.76. The molecule has 2 amide bonds. The zero-order valence-electron chi connectivity index (χ0n) is 16.0. The van der Waals surface area contributed by atoms with Gasteiger partial charge in [0.25, 0.3) is 0 Å². The van der Waals surface area contributed by atoms with E-state index in [1.807, 2.05) is 35.2 Å². The highest BCUT2D eigenvalue weighted by molar-refractivity contribution is 5.75. The van der Waals surface area contributed by atoms with Crippen molar-refractivity contribution in [1.29, 1.82) is 0 Å². The van der Waals surface area contributed by atoms with Gasteiger partial charge < -0.3 is 19.7 Å². The second-order valence-corrected chi connectivity index (χ2v) is 6.66. The Morgan fingerprint density at radius 2 is 1.96 bits per heavy atom. The van der Waals surface area contributed by atoms with Gasteiger partial charge in [-0.1, -0.05) is 6.07 Å². The maximum Gasteiger partial charge on any atom is 0.317 e. The highest BCUT2D eigenvalue weighted by Crippen LogP contribution is 2.31. The molecule has 0 radical (unpaired) electrons. The summed E-state index contributed by atoms with van der Waals surface area (Å²) >= 11 is 0. The lowest BCUT2D eigenvalue weighted by Gasteiger charge is -2.25. The summed E-state index contributed by atoms with van der Waals surface area (Å²) in [4.78, 5) is 18.6. The third kappa shape index (κ3) is 4.70. The number of carbonyl (C=O) groups excluding carboxylic acids is 1. The third-order valence-corrected chi connectivity index (χ3v) is 4.97. The molecular weight excluding hydrogens is 342 g/mol. The van der Waals surface area contributed by atoms with Gasteiger partial charge in [-0.05, 0) is 61.1 Å². The number of ether oxygens (including phenoxy) is 2. The van der Waals surface area contributed by atoms with Gasteiger partial charge in [0.1, 0.15) is 0 Å². The van der Waals surface area contributed by atoms with Crippen LogP contribution in [0.4, 0.5) is 4.79 Å². The predicted molar refractivity (Wildman–Crippen MR) is 104 cm³/mol. The molecular formula is C21H27N3O3. The number of aromatic nitrogens is 1. The second kappa shape index (κ2) is 9.26. The molecule has 6 heteroatoms. The van der Waals surface area contributed by atoms with Crippen LogP contribution in [0, 0.1) is 0 Å². The molecule has 1 aromatic carbocycles. The van der Waals surface area contributed by atoms with E-state index in [0.717, 1.165) is 54.9 Å². The van der Waals surface area contributed by atoms with Gasteiger partial charge in [0.05, 0.1) is 20.3 Å². The number of benzene rings is 1. The van der Waals surface area contributed by atoms with E-state index in [4.69, 9.17) is 9.47 Å². The smallest absolute Gasteiger partial charge is 0.317 e. The number of amides is 2. The van der Waals surface area contributed by atoms with E-state index in [9.17, 15) is 4.79 Å². The molecule has 3 rings (SSSR count). The van der Waals surface area contributed by atoms with E-state index >= 15 is 0 Å². The molecule has 1 saturated heterocycles. The summed E-state index contributed by atoms with van der Waals surface area (Å²) in [5.74, 6) is 1.46. The van der Waals surface area contributed by atoms with Gasteiger partial charge in [-0.25, -0.2) is 4.79 Å². The molecule has 27 heavy (non-hydrogen) atoms. The predicted octanol–water partition coefficient (Wildman–Crippen LogP) is 3.58. The maximum atomic E-state index is 12.6. The van der Waals surface area contributed by atoms with Crippen LogP contribution in [-0.2, 0) is 6.42 Å². The van der Waals surface area contributed by atoms with Gasteiger partial charge in [0, 0.05) is 25.5 Å². The van der Waals surface area contributed by atoms with Gasteiger partial charge in [-0.2, -0.15) is 0 Å². The molecule has 0 aliphatic carbocycles. The lowest BCUT2D eigenvalue weighted by molar-refractivity contribution is 0.193. The van der Waals surface area contributed by atoms with Crippen molar-refractivity contribution in [2.24, 2.45) is 0 Å². The van der Waals surface area contributed by atoms with E-state index in [1.54, 1.807) is 26.6 Å². The molecule has 1 aliphatic rings. The lowest BCUT2D eigenvalue weighted by atomic mass is 10.1. The van der Waals surface area contributed by atoms with Crippen molar-refractivity contribution in [2.45, 2.75) is 31.7 Å². The molecule has 6 nitrogen and oxygen atoms in total. The molecule has 2 aromatic rings. The Morgan fingerprint density at radius 3 is 2.70 bits per heavy atom. The second-order valence-electron chi connectivity index (χ2n) is 6.66. The summed E-state index contributed by atoms with van der Waals surface area (Å²) in [6.45, 7) is 1.45. The summed E-state index contributed by atoms with van der Waals surface area (Å²) in [5, 5.41) is 3.06. The molecule has 144 valence electrons. The molecule has 1 aliphatic heterocycles. The van der Waals surface area contributed by atoms with E-state index in [-0.39, 0.29) is 12.1 Å². The van der Waals surface area contributed by atoms with Crippen LogP contribution in [0.5, 0.6) is 11.5 Å². The Labute approximate surface area is 160 Å². The highest BCUT2D eigenvalue weighted by atomic mass is 16.5. The number of hydrogen-bond acceptors (Lipinski definition) is 4. The summed E-state index contributed by atoms with van der Waals surface area (Å²) in [5.41, 5.74) is 2.32. The number of nitrogens with one attached hydrogen (secondary N) is 1. The first-order chi connectivity index (χ1) is 13.2. The first-order valence-corrected chi connectivity index (χ1v) is 9.38. The number of rotatable bonds is 7. The number of hydrogen-bond donors (Lipinski definition) is 1. The summed E-state index contributed by atoms with van der Waals surface area (Å²) in [6.07, 6.45) is 7.35. The number of pyridine rings is 1. The molecule has 1 atom stereocenters. The fourth-order valence-electron chi connectivity index (χ4n) is 3.57. The van der Waals surface area contributed by atoms with Gasteiger partial charge in [-0.3, -0.25) is 4.98 Å². The van der Waals surface area contributed by atoms with Crippen LogP contribution in [0.2, 0.25) is 0 Å². The van der Waals surface area contributed by atoms with Crippen molar-refractivity contribution in [1.82, 2.24) is 15.2 Å². The quantitative estimate of drug-likeness (QED) is 0.758. The molecule has 1 fully saturated rings. The Kier molecular flexibility index (Phi) is 6.52. The van der Waals surface area contributed by atoms with Crippen LogP contribution in [0.25, 0.3) is 0 Å². The zero-order valence-corrected chi connectivity index (χ0v) is 16.0. The van der Waals surface area contributed by atoms with Crippen LogP contribution in [0.1, 0.15) is 36.4 Å². The average Bonchev–Trinajstić information content (AvgIpc) is 3.21. The minimum atomic E-state index is 0.0154. The number of carbonyl (C=O) groups is 1. The Morgan fingerprint density at radius 1 is 1.19 bits per heavy atom. The highest BCUT2D eigenvalue weighted by Gasteiger charge is 2.29. The monoisotopic (exact) mass is 369 g/mol. The molecule has 1 unspecified atom stereocenters. The first kappa shape index (κ1) is 19.0. The van der Waals surface area contributed by atoms with Gasteiger partial charge >= 0.3 is 6.03 Å². The van der Waals surface area contributed by atoms with Crippen molar-refractivity contribution < 1.29 is 14.3 Å². The summed E-state index contributed by atoms with van der Waals surface area (Å²) in [6, 6.07) is 10.1. The van der Waals surface area contributed by atoms with E-state index < -0.39 is 0 Å². The van der Waals surface area contributed by atoms with Crippen molar-refractivity contribution in [3.8, 4) is 11.5 Å². The summed E-state index contributed by atoms with van der Waals surface area (Å²) in [7, 11) is 3.27. The van der Waals surface area contributed by atoms with E-state index in [0.29, 0.717) is 6.54 Å². The minimum absolute atomic E-state index is 0.0154. The Balaban J connectivity index is 1.48. The zero-order chi connectivity index (χ0) is 19.1. The standard InChI is InChI=1S/C21H27N3O3/c1-26-19-8-7-16(15-20(19)27-2)5-3-11-23-21(25)24-14-4-6-18(24)17-9-12-22-13-10-17/h7-10,12-13,15,18H,3-6,11,14H2,1-2H3,(H,23,25). The minimum Gasteiger partial charge on any atom is -0.493 e. The molecule has 0 spiro atoms. The van der Waals surface area contributed by atoms with Crippen molar-refractivity contribution in [3.05, 3.63) is 53.9 Å². The van der Waals surface area contributed by atoms with E-state index in [2.05, 4.69) is 10.3 Å². The SMILES string of the molecule is COc1ccc(CCCNC(=O)N2CCCC2c2ccncc2)cc1OC. The number of nitrogens with zero attached hydrogens (tertiary/aromatic N) is 2. The van der Waals surface area contributed by atoms with Crippen molar-refractivity contribution in [2.75, 3.05) is 27.3 Å². The topological polar surface area (TPSA) is 63.7 Å². The molecule has 1 aromatic heterocycles. The molecule has 2 heterocycles. The van der Waals surface area contributed by atoms with E-state index in [1.165, 1.54) is 0 Å². The van der Waals surface area contributed by atoms with Crippen LogP contribution in [0.3, 0.4) is 0 Å². The Bertz CT molecular complexity index is 752. The molecule has 0 bridgehead atoms. The van der Waals surface area contributed by atoms with Gasteiger partial charge in [0.15, 0.2) is 11.5 Å². The van der Waals surface area contributed by atoms with Crippen LogP contribution in [0.15, 0.2) is 42.7 Å². The molecule has 0 saturated carbocycles. The lowest BCUT2D eigenvalue weighted by Crippen LogP contribution is -2.40. The van der Waals surface area contributed by atoms with Crippen LogP contribution >= 0.6 is 0 Å². The number of methoxy groups -OCH3 is 2. The number of aryl methyl sites for hydroxylation is 1. The fourth-order valence-corrected chi connectivity index (χ4v) is 3.57. The largest absolute Gasteiger partial charge is 0.493 e. The summed E-state index contributed by atoms with van der Waals surface area (Å²) < 4.78 is 10.6. The van der Waals surface area contributed by atoms with Crippen molar-refractivity contribution >= 4 is 6.03 Å². The fraction of sp³-hybridized carbons (Fsp3) is 0.429. The van der Waals surface area contributed by atoms with Crippen LogP contribution < -0.4 is 14.8 Å².